The Kier molecular flexibility index (Phi) is 3.33. The molecule has 0 radical (unpaired) electrons. The van der Waals surface area contributed by atoms with Crippen LogP contribution in [0, 0.1) is 0 Å². The van der Waals surface area contributed by atoms with Crippen molar-refractivity contribution in [3.8, 4) is 10.6 Å². The molecule has 5 nitrogen and oxygen atoms in total. The number of rotatable bonds is 4. The van der Waals surface area contributed by atoms with Crippen LogP contribution in [0.3, 0.4) is 0 Å². The van der Waals surface area contributed by atoms with Gasteiger partial charge in [0, 0.05) is 12.6 Å². The number of nitrogens with one attached hydrogen (secondary N) is 1. The van der Waals surface area contributed by atoms with E-state index in [4.69, 9.17) is 9.63 Å². The summed E-state index contributed by atoms with van der Waals surface area (Å²) in [5.74, 6) is 0.227. The molecular weight excluding hydrogens is 228 g/mol. The summed E-state index contributed by atoms with van der Waals surface area (Å²) in [4.78, 5) is 12.4. The Morgan fingerprint density at radius 2 is 2.50 bits per heavy atom. The molecule has 6 heteroatoms. The van der Waals surface area contributed by atoms with E-state index in [9.17, 15) is 4.79 Å². The van der Waals surface area contributed by atoms with Gasteiger partial charge in [-0.2, -0.15) is 0 Å². The van der Waals surface area contributed by atoms with E-state index < -0.39 is 0 Å². The van der Waals surface area contributed by atoms with Gasteiger partial charge in [0.1, 0.15) is 0 Å². The Morgan fingerprint density at radius 1 is 1.62 bits per heavy atom. The number of hydrogen-bond donors (Lipinski definition) is 2. The van der Waals surface area contributed by atoms with Crippen LogP contribution in [-0.2, 0) is 0 Å². The summed E-state index contributed by atoms with van der Waals surface area (Å²) in [6.07, 6.45) is 0. The Labute approximate surface area is 95.7 Å². The van der Waals surface area contributed by atoms with Gasteiger partial charge in [-0.25, -0.2) is 0 Å². The lowest BCUT2D eigenvalue weighted by Crippen LogP contribution is -2.26. The minimum atomic E-state index is -0.347. The summed E-state index contributed by atoms with van der Waals surface area (Å²) < 4.78 is 5.05. The first kappa shape index (κ1) is 10.8. The Balaban J connectivity index is 2.11. The van der Waals surface area contributed by atoms with E-state index >= 15 is 0 Å². The normalized spacial score (nSPS) is 10.3. The van der Waals surface area contributed by atoms with Crippen molar-refractivity contribution in [3.05, 3.63) is 29.3 Å². The number of aromatic nitrogens is 1. The molecule has 1 amide bonds. The van der Waals surface area contributed by atoms with Crippen LogP contribution in [0.5, 0.6) is 0 Å². The molecule has 0 fully saturated rings. The third-order valence-electron chi connectivity index (χ3n) is 1.90. The molecule has 0 aliphatic rings. The fourth-order valence-corrected chi connectivity index (χ4v) is 1.85. The Morgan fingerprint density at radius 3 is 3.19 bits per heavy atom. The van der Waals surface area contributed by atoms with Crippen LogP contribution in [-0.4, -0.2) is 29.3 Å². The highest BCUT2D eigenvalue weighted by molar-refractivity contribution is 7.13. The lowest BCUT2D eigenvalue weighted by atomic mass is 10.3. The van der Waals surface area contributed by atoms with Gasteiger partial charge < -0.3 is 14.9 Å². The van der Waals surface area contributed by atoms with Crippen molar-refractivity contribution in [1.82, 2.24) is 10.5 Å². The van der Waals surface area contributed by atoms with Crippen LogP contribution in [0.2, 0.25) is 0 Å². The molecule has 0 unspecified atom stereocenters. The summed E-state index contributed by atoms with van der Waals surface area (Å²) in [5, 5.41) is 16.6. The third kappa shape index (κ3) is 2.29. The first-order chi connectivity index (χ1) is 7.81. The zero-order valence-electron chi connectivity index (χ0n) is 8.34. The van der Waals surface area contributed by atoms with Gasteiger partial charge in [-0.15, -0.1) is 11.3 Å². The number of carbonyl (C=O) groups is 1. The summed E-state index contributed by atoms with van der Waals surface area (Å²) in [6, 6.07) is 5.37. The summed E-state index contributed by atoms with van der Waals surface area (Å²) in [5.41, 5.74) is 0.219. The predicted octanol–water partition coefficient (Wildman–Crippen LogP) is 1.13. The topological polar surface area (TPSA) is 75.4 Å². The minimum absolute atomic E-state index is 0.0959. The molecule has 0 spiro atoms. The lowest BCUT2D eigenvalue weighted by Gasteiger charge is -1.96. The van der Waals surface area contributed by atoms with Gasteiger partial charge in [0.05, 0.1) is 11.5 Å². The van der Waals surface area contributed by atoms with Crippen LogP contribution in [0.15, 0.2) is 28.1 Å². The van der Waals surface area contributed by atoms with Crippen molar-refractivity contribution in [2.75, 3.05) is 13.2 Å². The fraction of sp³-hybridized carbons (Fsp3) is 0.200. The van der Waals surface area contributed by atoms with Crippen molar-refractivity contribution in [3.63, 3.8) is 0 Å². The largest absolute Gasteiger partial charge is 0.395 e. The maximum atomic E-state index is 11.4. The molecule has 0 aromatic carbocycles. The van der Waals surface area contributed by atoms with Gasteiger partial charge >= 0.3 is 0 Å². The van der Waals surface area contributed by atoms with Gasteiger partial charge in [-0.1, -0.05) is 11.2 Å². The van der Waals surface area contributed by atoms with E-state index in [1.807, 2.05) is 17.5 Å². The molecule has 16 heavy (non-hydrogen) atoms. The number of carbonyl (C=O) groups excluding carboxylic acids is 1. The molecule has 0 aliphatic carbocycles. The van der Waals surface area contributed by atoms with E-state index in [1.54, 1.807) is 6.07 Å². The zero-order valence-corrected chi connectivity index (χ0v) is 9.16. The van der Waals surface area contributed by atoms with Crippen LogP contribution in [0.1, 0.15) is 10.5 Å². The second kappa shape index (κ2) is 4.91. The van der Waals surface area contributed by atoms with Crippen LogP contribution in [0.25, 0.3) is 10.6 Å². The molecule has 0 saturated carbocycles. The fourth-order valence-electron chi connectivity index (χ4n) is 1.18. The Hall–Kier alpha value is -1.66. The average molecular weight is 238 g/mol. The number of aliphatic hydroxyl groups is 1. The van der Waals surface area contributed by atoms with E-state index in [-0.39, 0.29) is 24.8 Å². The van der Waals surface area contributed by atoms with Gasteiger partial charge in [0.15, 0.2) is 11.5 Å². The highest BCUT2D eigenvalue weighted by Gasteiger charge is 2.13. The van der Waals surface area contributed by atoms with Crippen LogP contribution < -0.4 is 5.32 Å². The second-order valence-electron chi connectivity index (χ2n) is 3.03. The first-order valence-corrected chi connectivity index (χ1v) is 5.59. The second-order valence-corrected chi connectivity index (χ2v) is 3.98. The summed E-state index contributed by atoms with van der Waals surface area (Å²) >= 11 is 1.51. The van der Waals surface area contributed by atoms with E-state index in [1.165, 1.54) is 11.3 Å². The summed E-state index contributed by atoms with van der Waals surface area (Å²) in [6.45, 7) is 0.113. The van der Waals surface area contributed by atoms with Crippen LogP contribution in [0.4, 0.5) is 0 Å². The molecule has 2 aromatic rings. The molecular formula is C10H10N2O3S. The van der Waals surface area contributed by atoms with Gasteiger partial charge in [-0.3, -0.25) is 4.79 Å². The number of thiophene rings is 1. The molecule has 0 bridgehead atoms. The summed E-state index contributed by atoms with van der Waals surface area (Å²) in [7, 11) is 0. The van der Waals surface area contributed by atoms with E-state index in [0.29, 0.717) is 5.76 Å². The maximum Gasteiger partial charge on any atom is 0.273 e. The number of aliphatic hydroxyl groups excluding tert-OH is 1. The van der Waals surface area contributed by atoms with Crippen molar-refractivity contribution >= 4 is 17.2 Å². The predicted molar refractivity (Wildman–Crippen MR) is 59.2 cm³/mol. The standard InChI is InChI=1S/C10H10N2O3S/c13-4-3-11-10(14)7-6-8(15-12-7)9-2-1-5-16-9/h1-2,5-6,13H,3-4H2,(H,11,14). The highest BCUT2D eigenvalue weighted by Crippen LogP contribution is 2.24. The van der Waals surface area contributed by atoms with Crippen molar-refractivity contribution < 1.29 is 14.4 Å². The maximum absolute atomic E-state index is 11.4. The molecule has 2 heterocycles. The number of amides is 1. The Bertz CT molecular complexity index is 464. The lowest BCUT2D eigenvalue weighted by molar-refractivity contribution is 0.0936. The number of hydrogen-bond acceptors (Lipinski definition) is 5. The molecule has 2 N–H and O–H groups in total. The quantitative estimate of drug-likeness (QED) is 0.837. The van der Waals surface area contributed by atoms with Crippen molar-refractivity contribution in [2.45, 2.75) is 0 Å². The molecule has 84 valence electrons. The average Bonchev–Trinajstić information content (AvgIpc) is 2.94. The third-order valence-corrected chi connectivity index (χ3v) is 2.79. The van der Waals surface area contributed by atoms with E-state index in [2.05, 4.69) is 10.5 Å². The monoisotopic (exact) mass is 238 g/mol. The van der Waals surface area contributed by atoms with Gasteiger partial charge in [0.2, 0.25) is 0 Å². The van der Waals surface area contributed by atoms with E-state index in [0.717, 1.165) is 4.88 Å². The zero-order chi connectivity index (χ0) is 11.4. The smallest absolute Gasteiger partial charge is 0.273 e. The highest BCUT2D eigenvalue weighted by atomic mass is 32.1. The molecule has 0 saturated heterocycles. The first-order valence-electron chi connectivity index (χ1n) is 4.71. The van der Waals surface area contributed by atoms with Crippen molar-refractivity contribution in [2.24, 2.45) is 0 Å². The van der Waals surface area contributed by atoms with Crippen LogP contribution >= 0.6 is 11.3 Å². The minimum Gasteiger partial charge on any atom is -0.395 e. The van der Waals surface area contributed by atoms with Crippen molar-refractivity contribution in [1.29, 1.82) is 0 Å². The number of nitrogens with zero attached hydrogens (tertiary/aromatic N) is 1. The molecule has 2 rings (SSSR count). The molecule has 0 atom stereocenters. The van der Waals surface area contributed by atoms with Gasteiger partial charge in [-0.05, 0) is 11.4 Å². The molecule has 2 aromatic heterocycles. The SMILES string of the molecule is O=C(NCCO)c1cc(-c2cccs2)on1. The molecule has 0 aliphatic heterocycles. The van der Waals surface area contributed by atoms with Gasteiger partial charge in [0.25, 0.3) is 5.91 Å².